The van der Waals surface area contributed by atoms with Crippen molar-refractivity contribution in [3.63, 3.8) is 0 Å². The van der Waals surface area contributed by atoms with E-state index in [2.05, 4.69) is 20.1 Å². The molecule has 1 atom stereocenters. The van der Waals surface area contributed by atoms with Gasteiger partial charge < -0.3 is 9.47 Å². The van der Waals surface area contributed by atoms with Crippen LogP contribution in [0.4, 0.5) is 4.39 Å². The Morgan fingerprint density at radius 3 is 2.93 bits per heavy atom. The van der Waals surface area contributed by atoms with Crippen LogP contribution in [0.3, 0.4) is 0 Å². The summed E-state index contributed by atoms with van der Waals surface area (Å²) in [6.07, 6.45) is 6.14. The van der Waals surface area contributed by atoms with Crippen molar-refractivity contribution in [2.75, 3.05) is 6.54 Å². The van der Waals surface area contributed by atoms with Crippen LogP contribution in [0.25, 0.3) is 16.9 Å². The number of imidazole rings is 1. The van der Waals surface area contributed by atoms with Crippen molar-refractivity contribution in [1.82, 2.24) is 34.0 Å². The van der Waals surface area contributed by atoms with E-state index in [1.165, 1.54) is 16.9 Å². The highest BCUT2D eigenvalue weighted by atomic mass is 35.5. The molecule has 0 radical (unpaired) electrons. The van der Waals surface area contributed by atoms with Gasteiger partial charge in [-0.25, -0.2) is 19.5 Å². The smallest absolute Gasteiger partial charge is 0.275 e. The SMILES string of the molecule is CC1c2ncc(-c3cccnc3F)n2CCN1C(=O)c1cc2ncc(Cl)cn2n1. The molecular weight excluding hydrogens is 397 g/mol. The number of halogens is 2. The molecule has 1 amide bonds. The summed E-state index contributed by atoms with van der Waals surface area (Å²) in [5.74, 6) is -0.0764. The Balaban J connectivity index is 1.47. The number of nitrogens with zero attached hydrogens (tertiary/aromatic N) is 7. The van der Waals surface area contributed by atoms with Crippen LogP contribution in [0.15, 0.2) is 43.0 Å². The number of aromatic nitrogens is 6. The summed E-state index contributed by atoms with van der Waals surface area (Å²) in [6.45, 7) is 2.83. The Labute approximate surface area is 169 Å². The molecule has 146 valence electrons. The van der Waals surface area contributed by atoms with Gasteiger partial charge in [0.05, 0.1) is 34.7 Å². The summed E-state index contributed by atoms with van der Waals surface area (Å²) >= 11 is 5.94. The topological polar surface area (TPSA) is 81.2 Å². The zero-order valence-corrected chi connectivity index (χ0v) is 16.1. The highest BCUT2D eigenvalue weighted by Crippen LogP contribution is 2.31. The Hall–Kier alpha value is -3.33. The summed E-state index contributed by atoms with van der Waals surface area (Å²) in [7, 11) is 0. The molecule has 0 N–H and O–H groups in total. The molecule has 5 rings (SSSR count). The third-order valence-electron chi connectivity index (χ3n) is 5.09. The van der Waals surface area contributed by atoms with E-state index in [9.17, 15) is 9.18 Å². The van der Waals surface area contributed by atoms with Crippen molar-refractivity contribution in [2.45, 2.75) is 19.5 Å². The lowest BCUT2D eigenvalue weighted by atomic mass is 10.1. The maximum absolute atomic E-state index is 14.1. The standard InChI is InChI=1S/C19H15ClFN7O/c1-11-18-24-9-15(13-3-2-4-22-17(13)21)27(18)6-5-26(11)19(29)14-7-16-23-8-12(20)10-28(16)25-14/h2-4,7-11H,5-6H2,1H3. The van der Waals surface area contributed by atoms with E-state index in [0.717, 1.165) is 0 Å². The molecule has 0 aromatic carbocycles. The Morgan fingerprint density at radius 1 is 1.24 bits per heavy atom. The van der Waals surface area contributed by atoms with Crippen LogP contribution >= 0.6 is 11.6 Å². The van der Waals surface area contributed by atoms with Gasteiger partial charge in [0, 0.05) is 31.5 Å². The molecular formula is C19H15ClFN7O. The number of hydrogen-bond acceptors (Lipinski definition) is 5. The molecule has 4 aromatic rings. The van der Waals surface area contributed by atoms with Gasteiger partial charge in [0.25, 0.3) is 5.91 Å². The van der Waals surface area contributed by atoms with Gasteiger partial charge in [0.2, 0.25) is 5.95 Å². The highest BCUT2D eigenvalue weighted by molar-refractivity contribution is 6.30. The quantitative estimate of drug-likeness (QED) is 0.474. The molecule has 5 heterocycles. The van der Waals surface area contributed by atoms with Gasteiger partial charge in [-0.15, -0.1) is 0 Å². The van der Waals surface area contributed by atoms with Gasteiger partial charge in [-0.1, -0.05) is 11.6 Å². The van der Waals surface area contributed by atoms with Crippen LogP contribution in [-0.4, -0.2) is 46.5 Å². The van der Waals surface area contributed by atoms with Gasteiger partial charge >= 0.3 is 0 Å². The first-order valence-corrected chi connectivity index (χ1v) is 9.39. The van der Waals surface area contributed by atoms with E-state index in [1.807, 2.05) is 11.5 Å². The largest absolute Gasteiger partial charge is 0.326 e. The summed E-state index contributed by atoms with van der Waals surface area (Å²) in [4.78, 5) is 27.1. The molecule has 1 unspecified atom stereocenters. The second kappa shape index (κ2) is 6.63. The number of rotatable bonds is 2. The van der Waals surface area contributed by atoms with Crippen LogP contribution in [0, 0.1) is 5.95 Å². The molecule has 10 heteroatoms. The maximum Gasteiger partial charge on any atom is 0.275 e. The lowest BCUT2D eigenvalue weighted by Crippen LogP contribution is -2.41. The molecule has 0 aliphatic carbocycles. The van der Waals surface area contributed by atoms with E-state index >= 15 is 0 Å². The van der Waals surface area contributed by atoms with E-state index in [1.54, 1.807) is 35.5 Å². The van der Waals surface area contributed by atoms with E-state index in [0.29, 0.717) is 40.8 Å². The Kier molecular flexibility index (Phi) is 4.06. The average Bonchev–Trinajstić information content (AvgIpc) is 3.32. The Bertz CT molecular complexity index is 1250. The average molecular weight is 412 g/mol. The number of hydrogen-bond donors (Lipinski definition) is 0. The summed E-state index contributed by atoms with van der Waals surface area (Å²) in [6, 6.07) is 4.68. The zero-order chi connectivity index (χ0) is 20.1. The van der Waals surface area contributed by atoms with Crippen molar-refractivity contribution >= 4 is 23.2 Å². The van der Waals surface area contributed by atoms with Gasteiger partial charge in [-0.05, 0) is 19.1 Å². The predicted molar refractivity (Wildman–Crippen MR) is 103 cm³/mol. The fourth-order valence-electron chi connectivity index (χ4n) is 3.67. The molecule has 0 spiro atoms. The monoisotopic (exact) mass is 411 g/mol. The summed E-state index contributed by atoms with van der Waals surface area (Å²) in [5, 5.41) is 4.73. The van der Waals surface area contributed by atoms with E-state index < -0.39 is 5.95 Å². The van der Waals surface area contributed by atoms with Crippen molar-refractivity contribution < 1.29 is 9.18 Å². The molecule has 1 aliphatic heterocycles. The highest BCUT2D eigenvalue weighted by Gasteiger charge is 2.32. The second-order valence-electron chi connectivity index (χ2n) is 6.77. The third-order valence-corrected chi connectivity index (χ3v) is 5.28. The van der Waals surface area contributed by atoms with Crippen LogP contribution in [0.5, 0.6) is 0 Å². The minimum absolute atomic E-state index is 0.220. The van der Waals surface area contributed by atoms with Gasteiger partial charge in [-0.2, -0.15) is 9.49 Å². The molecule has 1 aliphatic rings. The van der Waals surface area contributed by atoms with Crippen molar-refractivity contribution in [2.24, 2.45) is 0 Å². The molecule has 0 fully saturated rings. The minimum atomic E-state index is -0.544. The molecule has 29 heavy (non-hydrogen) atoms. The normalized spacial score (nSPS) is 16.2. The summed E-state index contributed by atoms with van der Waals surface area (Å²) < 4.78 is 17.5. The second-order valence-corrected chi connectivity index (χ2v) is 7.21. The van der Waals surface area contributed by atoms with Crippen molar-refractivity contribution in [1.29, 1.82) is 0 Å². The maximum atomic E-state index is 14.1. The van der Waals surface area contributed by atoms with E-state index in [-0.39, 0.29) is 17.6 Å². The van der Waals surface area contributed by atoms with Crippen LogP contribution < -0.4 is 0 Å². The molecule has 8 nitrogen and oxygen atoms in total. The fraction of sp³-hybridized carbons (Fsp3) is 0.211. The number of amides is 1. The fourth-order valence-corrected chi connectivity index (χ4v) is 3.82. The first kappa shape index (κ1) is 17.7. The molecule has 0 saturated heterocycles. The van der Waals surface area contributed by atoms with Crippen LogP contribution in [-0.2, 0) is 6.54 Å². The van der Waals surface area contributed by atoms with Crippen molar-refractivity contribution in [3.8, 4) is 11.3 Å². The van der Waals surface area contributed by atoms with Crippen LogP contribution in [0.2, 0.25) is 5.02 Å². The predicted octanol–water partition coefficient (Wildman–Crippen LogP) is 3.00. The molecule has 4 aromatic heterocycles. The van der Waals surface area contributed by atoms with Gasteiger partial charge in [-0.3, -0.25) is 4.79 Å². The number of pyridine rings is 1. The Morgan fingerprint density at radius 2 is 2.10 bits per heavy atom. The number of carbonyl (C=O) groups is 1. The zero-order valence-electron chi connectivity index (χ0n) is 15.3. The van der Waals surface area contributed by atoms with Gasteiger partial charge in [0.1, 0.15) is 5.82 Å². The first-order valence-electron chi connectivity index (χ1n) is 9.01. The van der Waals surface area contributed by atoms with Gasteiger partial charge in [0.15, 0.2) is 11.3 Å². The lowest BCUT2D eigenvalue weighted by Gasteiger charge is -2.34. The molecule has 0 saturated carbocycles. The molecule has 0 bridgehead atoms. The van der Waals surface area contributed by atoms with E-state index in [4.69, 9.17) is 11.6 Å². The summed E-state index contributed by atoms with van der Waals surface area (Å²) in [5.41, 5.74) is 1.86. The third kappa shape index (κ3) is 2.85. The van der Waals surface area contributed by atoms with Crippen LogP contribution in [0.1, 0.15) is 29.3 Å². The van der Waals surface area contributed by atoms with Crippen molar-refractivity contribution in [3.05, 3.63) is 65.5 Å². The lowest BCUT2D eigenvalue weighted by molar-refractivity contribution is 0.0632. The minimum Gasteiger partial charge on any atom is -0.326 e. The first-order chi connectivity index (χ1) is 14.0. The number of carbonyl (C=O) groups excluding carboxylic acids is 1. The number of fused-ring (bicyclic) bond motifs is 2.